The normalized spacial score (nSPS) is 10.8. The van der Waals surface area contributed by atoms with E-state index in [9.17, 15) is 14.4 Å². The third-order valence-electron chi connectivity index (χ3n) is 5.27. The van der Waals surface area contributed by atoms with E-state index in [4.69, 9.17) is 17.3 Å². The minimum atomic E-state index is -0.632. The zero-order chi connectivity index (χ0) is 24.0. The first-order valence-electron chi connectivity index (χ1n) is 10.8. The molecule has 33 heavy (non-hydrogen) atoms. The SMILES string of the molecule is CCCCn1c(N)c(N(CC(=O)Nc2ccc(C)c(Cl)c2)Cc2ccccc2)c(=O)[nH]c1=O. The van der Waals surface area contributed by atoms with Crippen molar-refractivity contribution in [1.82, 2.24) is 9.55 Å². The number of halogens is 1. The van der Waals surface area contributed by atoms with Crippen molar-refractivity contribution in [1.29, 1.82) is 0 Å². The number of aromatic nitrogens is 2. The Hall–Kier alpha value is -3.52. The summed E-state index contributed by atoms with van der Waals surface area (Å²) in [5, 5.41) is 3.35. The first-order valence-corrected chi connectivity index (χ1v) is 11.2. The van der Waals surface area contributed by atoms with Crippen molar-refractivity contribution in [2.75, 3.05) is 22.5 Å². The molecule has 0 spiro atoms. The highest BCUT2D eigenvalue weighted by Gasteiger charge is 2.21. The van der Waals surface area contributed by atoms with Gasteiger partial charge < -0.3 is 16.0 Å². The Kier molecular flexibility index (Phi) is 7.95. The molecule has 4 N–H and O–H groups in total. The maximum absolute atomic E-state index is 12.9. The number of nitrogens with zero attached hydrogens (tertiary/aromatic N) is 2. The van der Waals surface area contributed by atoms with Crippen molar-refractivity contribution in [3.8, 4) is 0 Å². The van der Waals surface area contributed by atoms with Gasteiger partial charge in [0.25, 0.3) is 5.56 Å². The van der Waals surface area contributed by atoms with Crippen molar-refractivity contribution in [3.63, 3.8) is 0 Å². The number of H-pyrrole nitrogens is 1. The Morgan fingerprint density at radius 1 is 1.18 bits per heavy atom. The summed E-state index contributed by atoms with van der Waals surface area (Å²) in [5.74, 6) is -0.310. The van der Waals surface area contributed by atoms with Crippen LogP contribution in [0.5, 0.6) is 0 Å². The largest absolute Gasteiger partial charge is 0.383 e. The van der Waals surface area contributed by atoms with Gasteiger partial charge in [-0.25, -0.2) is 4.79 Å². The number of aromatic amines is 1. The predicted molar refractivity (Wildman–Crippen MR) is 133 cm³/mol. The fourth-order valence-electron chi connectivity index (χ4n) is 3.48. The standard InChI is InChI=1S/C24H28ClN5O3/c1-3-4-12-30-22(26)21(23(32)28-24(30)33)29(14-17-8-6-5-7-9-17)15-20(31)27-18-11-10-16(2)19(25)13-18/h5-11,13H,3-4,12,14-15,26H2,1-2H3,(H,27,31)(H,28,32,33). The van der Waals surface area contributed by atoms with Crippen LogP contribution in [-0.4, -0.2) is 22.0 Å². The van der Waals surface area contributed by atoms with Gasteiger partial charge in [-0.1, -0.05) is 61.3 Å². The van der Waals surface area contributed by atoms with Crippen LogP contribution in [0.25, 0.3) is 0 Å². The minimum Gasteiger partial charge on any atom is -0.383 e. The van der Waals surface area contributed by atoms with Crippen molar-refractivity contribution in [2.45, 2.75) is 39.8 Å². The summed E-state index contributed by atoms with van der Waals surface area (Å²) in [7, 11) is 0. The number of rotatable bonds is 9. The first-order chi connectivity index (χ1) is 15.8. The molecule has 0 aliphatic heterocycles. The second kappa shape index (κ2) is 10.9. The van der Waals surface area contributed by atoms with Crippen molar-refractivity contribution < 1.29 is 4.79 Å². The molecule has 174 valence electrons. The number of hydrogen-bond acceptors (Lipinski definition) is 5. The van der Waals surface area contributed by atoms with E-state index in [-0.39, 0.29) is 30.5 Å². The van der Waals surface area contributed by atoms with Crippen LogP contribution in [0.1, 0.15) is 30.9 Å². The number of hydrogen-bond donors (Lipinski definition) is 3. The van der Waals surface area contributed by atoms with Gasteiger partial charge in [0.15, 0.2) is 0 Å². The van der Waals surface area contributed by atoms with E-state index < -0.39 is 11.2 Å². The summed E-state index contributed by atoms with van der Waals surface area (Å²) < 4.78 is 1.34. The number of nitrogens with one attached hydrogen (secondary N) is 2. The highest BCUT2D eigenvalue weighted by molar-refractivity contribution is 6.31. The van der Waals surface area contributed by atoms with Crippen LogP contribution >= 0.6 is 11.6 Å². The smallest absolute Gasteiger partial charge is 0.330 e. The molecule has 3 rings (SSSR count). The molecule has 0 saturated heterocycles. The lowest BCUT2D eigenvalue weighted by Crippen LogP contribution is -2.41. The average Bonchev–Trinajstić information content (AvgIpc) is 2.76. The number of nitrogen functional groups attached to an aromatic ring is 1. The zero-order valence-corrected chi connectivity index (χ0v) is 19.5. The minimum absolute atomic E-state index is 0.0410. The molecule has 1 aromatic heterocycles. The number of benzene rings is 2. The van der Waals surface area contributed by atoms with Crippen LogP contribution in [0.2, 0.25) is 5.02 Å². The number of amides is 1. The monoisotopic (exact) mass is 469 g/mol. The lowest BCUT2D eigenvalue weighted by molar-refractivity contribution is -0.115. The van der Waals surface area contributed by atoms with Gasteiger partial charge in [-0.05, 0) is 36.6 Å². The van der Waals surface area contributed by atoms with Crippen LogP contribution in [0.4, 0.5) is 17.2 Å². The molecule has 1 heterocycles. The van der Waals surface area contributed by atoms with Crippen LogP contribution in [0.15, 0.2) is 58.1 Å². The van der Waals surface area contributed by atoms with Gasteiger partial charge in [0.1, 0.15) is 11.5 Å². The van der Waals surface area contributed by atoms with Gasteiger partial charge in [-0.2, -0.15) is 0 Å². The van der Waals surface area contributed by atoms with Crippen LogP contribution < -0.4 is 27.2 Å². The summed E-state index contributed by atoms with van der Waals surface area (Å²) in [6, 6.07) is 14.6. The molecule has 0 saturated carbocycles. The summed E-state index contributed by atoms with van der Waals surface area (Å²) in [6.45, 7) is 4.34. The van der Waals surface area contributed by atoms with E-state index in [1.807, 2.05) is 50.2 Å². The molecular weight excluding hydrogens is 442 g/mol. The highest BCUT2D eigenvalue weighted by atomic mass is 35.5. The Morgan fingerprint density at radius 3 is 2.58 bits per heavy atom. The second-order valence-electron chi connectivity index (χ2n) is 7.85. The molecule has 0 fully saturated rings. The van der Waals surface area contributed by atoms with Gasteiger partial charge in [0.05, 0.1) is 6.54 Å². The Labute approximate surface area is 197 Å². The number of aryl methyl sites for hydroxylation is 1. The zero-order valence-electron chi connectivity index (χ0n) is 18.7. The predicted octanol–water partition coefficient (Wildman–Crippen LogP) is 3.53. The second-order valence-corrected chi connectivity index (χ2v) is 8.26. The van der Waals surface area contributed by atoms with Gasteiger partial charge in [-0.15, -0.1) is 0 Å². The average molecular weight is 470 g/mol. The van der Waals surface area contributed by atoms with Gasteiger partial charge >= 0.3 is 5.69 Å². The van der Waals surface area contributed by atoms with Crippen LogP contribution in [-0.2, 0) is 17.9 Å². The van der Waals surface area contributed by atoms with E-state index in [1.165, 1.54) is 4.57 Å². The lowest BCUT2D eigenvalue weighted by Gasteiger charge is -2.26. The van der Waals surface area contributed by atoms with Crippen molar-refractivity contribution >= 4 is 34.7 Å². The third-order valence-corrected chi connectivity index (χ3v) is 5.68. The van der Waals surface area contributed by atoms with E-state index >= 15 is 0 Å². The Bertz CT molecular complexity index is 1240. The number of nitrogens with two attached hydrogens (primary N) is 1. The van der Waals surface area contributed by atoms with Gasteiger partial charge in [-0.3, -0.25) is 19.1 Å². The number of carbonyl (C=O) groups is 1. The van der Waals surface area contributed by atoms with Crippen LogP contribution in [0.3, 0.4) is 0 Å². The Balaban J connectivity index is 1.96. The quantitative estimate of drug-likeness (QED) is 0.443. The van der Waals surface area contributed by atoms with Gasteiger partial charge in [0.2, 0.25) is 5.91 Å². The van der Waals surface area contributed by atoms with E-state index in [0.717, 1.165) is 24.0 Å². The maximum atomic E-state index is 12.9. The topological polar surface area (TPSA) is 113 Å². The molecule has 0 bridgehead atoms. The molecule has 1 amide bonds. The fraction of sp³-hybridized carbons (Fsp3) is 0.292. The molecule has 9 heteroatoms. The molecule has 2 aromatic carbocycles. The molecular formula is C24H28ClN5O3. The molecule has 8 nitrogen and oxygen atoms in total. The summed E-state index contributed by atoms with van der Waals surface area (Å²) in [6.07, 6.45) is 1.58. The van der Waals surface area contributed by atoms with Gasteiger partial charge in [0, 0.05) is 23.8 Å². The summed E-state index contributed by atoms with van der Waals surface area (Å²) in [4.78, 5) is 42.0. The van der Waals surface area contributed by atoms with E-state index in [1.54, 1.807) is 17.0 Å². The van der Waals surface area contributed by atoms with Crippen LogP contribution in [0, 0.1) is 6.92 Å². The Morgan fingerprint density at radius 2 is 1.91 bits per heavy atom. The third kappa shape index (κ3) is 6.04. The molecule has 3 aromatic rings. The highest BCUT2D eigenvalue weighted by Crippen LogP contribution is 2.22. The molecule has 0 atom stereocenters. The number of unbranched alkanes of at least 4 members (excludes halogenated alkanes) is 1. The first kappa shape index (κ1) is 24.1. The van der Waals surface area contributed by atoms with Crippen molar-refractivity contribution in [3.05, 3.63) is 85.5 Å². The molecule has 0 unspecified atom stereocenters. The summed E-state index contributed by atoms with van der Waals surface area (Å²) in [5.41, 5.74) is 7.52. The van der Waals surface area contributed by atoms with Crippen molar-refractivity contribution in [2.24, 2.45) is 0 Å². The fourth-order valence-corrected chi connectivity index (χ4v) is 3.66. The van der Waals surface area contributed by atoms with E-state index in [2.05, 4.69) is 10.3 Å². The number of anilines is 3. The molecule has 0 aliphatic carbocycles. The summed E-state index contributed by atoms with van der Waals surface area (Å²) >= 11 is 6.17. The maximum Gasteiger partial charge on any atom is 0.330 e. The number of carbonyl (C=O) groups excluding carboxylic acids is 1. The lowest BCUT2D eigenvalue weighted by atomic mass is 10.2. The molecule has 0 aliphatic rings. The van der Waals surface area contributed by atoms with E-state index in [0.29, 0.717) is 17.3 Å². The molecule has 0 radical (unpaired) electrons.